The van der Waals surface area contributed by atoms with Gasteiger partial charge >= 0.3 is 5.69 Å². The van der Waals surface area contributed by atoms with E-state index in [1.165, 1.54) is 11.4 Å². The van der Waals surface area contributed by atoms with Crippen LogP contribution >= 0.6 is 11.3 Å². The first-order valence-corrected chi connectivity index (χ1v) is 8.51. The normalized spacial score (nSPS) is 13.4. The lowest BCUT2D eigenvalue weighted by Crippen LogP contribution is -2.34. The van der Waals surface area contributed by atoms with E-state index in [1.807, 2.05) is 6.92 Å². The van der Waals surface area contributed by atoms with Crippen LogP contribution in [0.3, 0.4) is 0 Å². The van der Waals surface area contributed by atoms with Crippen LogP contribution in [0.1, 0.15) is 27.2 Å². The van der Waals surface area contributed by atoms with Crippen molar-refractivity contribution in [2.45, 2.75) is 37.4 Å². The predicted molar refractivity (Wildman–Crippen MR) is 79.8 cm³/mol. The van der Waals surface area contributed by atoms with Gasteiger partial charge in [-0.1, -0.05) is 18.3 Å². The highest BCUT2D eigenvalue weighted by atomic mass is 32.2. The smallest absolute Gasteiger partial charge is 0.304 e. The van der Waals surface area contributed by atoms with Gasteiger partial charge in [0.1, 0.15) is 4.21 Å². The van der Waals surface area contributed by atoms with Crippen LogP contribution in [0.4, 0.5) is 10.7 Å². The molecule has 0 amide bonds. The van der Waals surface area contributed by atoms with E-state index >= 15 is 0 Å². The maximum absolute atomic E-state index is 12.4. The molecular formula is C11H19N3O4S2. The van der Waals surface area contributed by atoms with E-state index in [2.05, 4.69) is 5.32 Å². The van der Waals surface area contributed by atoms with Gasteiger partial charge in [-0.3, -0.25) is 10.1 Å². The SMILES string of the molecule is CCNc1sc(S(=O)(=O)N(C)C(C)CC)cc1[N+](=O)[O-]. The first-order chi connectivity index (χ1) is 9.25. The zero-order chi connectivity index (χ0) is 15.5. The maximum Gasteiger partial charge on any atom is 0.304 e. The number of thiophene rings is 1. The highest BCUT2D eigenvalue weighted by Crippen LogP contribution is 2.38. The lowest BCUT2D eigenvalue weighted by Gasteiger charge is -2.21. The molecule has 1 aromatic heterocycles. The summed E-state index contributed by atoms with van der Waals surface area (Å²) in [5.41, 5.74) is -0.201. The predicted octanol–water partition coefficient (Wildman–Crippen LogP) is 2.51. The van der Waals surface area contributed by atoms with Crippen LogP contribution in [0.5, 0.6) is 0 Å². The van der Waals surface area contributed by atoms with Gasteiger partial charge in [-0.15, -0.1) is 0 Å². The van der Waals surface area contributed by atoms with Crippen LogP contribution in [-0.2, 0) is 10.0 Å². The Morgan fingerprint density at radius 2 is 2.10 bits per heavy atom. The topological polar surface area (TPSA) is 92.6 Å². The van der Waals surface area contributed by atoms with Crippen molar-refractivity contribution < 1.29 is 13.3 Å². The van der Waals surface area contributed by atoms with Gasteiger partial charge in [0.2, 0.25) is 0 Å². The highest BCUT2D eigenvalue weighted by molar-refractivity contribution is 7.91. The molecule has 0 radical (unpaired) electrons. The monoisotopic (exact) mass is 321 g/mol. The Hall–Kier alpha value is -1.19. The number of rotatable bonds is 7. The summed E-state index contributed by atoms with van der Waals surface area (Å²) >= 11 is 0.893. The summed E-state index contributed by atoms with van der Waals surface area (Å²) in [7, 11) is -2.21. The Kier molecular flexibility index (Phi) is 5.49. The minimum atomic E-state index is -3.70. The van der Waals surface area contributed by atoms with Gasteiger partial charge in [0.25, 0.3) is 10.0 Å². The summed E-state index contributed by atoms with van der Waals surface area (Å²) in [4.78, 5) is 10.4. The molecule has 0 bridgehead atoms. The van der Waals surface area contributed by atoms with Crippen LogP contribution in [0.25, 0.3) is 0 Å². The van der Waals surface area contributed by atoms with Crippen LogP contribution < -0.4 is 5.32 Å². The Morgan fingerprint density at radius 1 is 1.50 bits per heavy atom. The molecule has 0 saturated carbocycles. The Bertz CT molecular complexity index is 582. The Balaban J connectivity index is 3.26. The van der Waals surface area contributed by atoms with Crippen molar-refractivity contribution in [1.82, 2.24) is 4.31 Å². The van der Waals surface area contributed by atoms with E-state index in [1.54, 1.807) is 13.8 Å². The van der Waals surface area contributed by atoms with Crippen molar-refractivity contribution in [3.8, 4) is 0 Å². The Labute approximate surface area is 122 Å². The molecule has 1 heterocycles. The standard InChI is InChI=1S/C11H19N3O4S2/c1-5-8(3)13(4)20(17,18)10-7-9(14(15)16)11(19-10)12-6-2/h7-8,12H,5-6H2,1-4H3. The van der Waals surface area contributed by atoms with Crippen molar-refractivity contribution in [1.29, 1.82) is 0 Å². The van der Waals surface area contributed by atoms with Crippen molar-refractivity contribution in [2.24, 2.45) is 0 Å². The molecule has 0 aromatic carbocycles. The van der Waals surface area contributed by atoms with Gasteiger partial charge in [-0.2, -0.15) is 4.31 Å². The number of nitrogens with zero attached hydrogens (tertiary/aromatic N) is 2. The van der Waals surface area contributed by atoms with Gasteiger partial charge in [0, 0.05) is 25.7 Å². The second kappa shape index (κ2) is 6.51. The molecule has 0 aliphatic rings. The number of hydrogen-bond donors (Lipinski definition) is 1. The molecule has 0 aliphatic heterocycles. The van der Waals surface area contributed by atoms with E-state index < -0.39 is 14.9 Å². The first-order valence-electron chi connectivity index (χ1n) is 6.25. The molecule has 7 nitrogen and oxygen atoms in total. The maximum atomic E-state index is 12.4. The van der Waals surface area contributed by atoms with Gasteiger partial charge in [-0.25, -0.2) is 8.42 Å². The third kappa shape index (κ3) is 3.28. The summed E-state index contributed by atoms with van der Waals surface area (Å²) in [5, 5.41) is 14.1. The van der Waals surface area contributed by atoms with Crippen molar-refractivity contribution in [2.75, 3.05) is 18.9 Å². The summed E-state index contributed by atoms with van der Waals surface area (Å²) in [6.07, 6.45) is 0.670. The van der Waals surface area contributed by atoms with E-state index in [4.69, 9.17) is 0 Å². The summed E-state index contributed by atoms with van der Waals surface area (Å²) < 4.78 is 26.1. The molecule has 1 rings (SSSR count). The molecule has 0 aliphatic carbocycles. The van der Waals surface area contributed by atoms with Crippen LogP contribution in [0.15, 0.2) is 10.3 Å². The average molecular weight is 321 g/mol. The fraction of sp³-hybridized carbons (Fsp3) is 0.636. The highest BCUT2D eigenvalue weighted by Gasteiger charge is 2.30. The molecule has 114 valence electrons. The molecular weight excluding hydrogens is 302 g/mol. The van der Waals surface area contributed by atoms with E-state index in [0.717, 1.165) is 17.4 Å². The third-order valence-corrected chi connectivity index (χ3v) is 6.57. The zero-order valence-corrected chi connectivity index (χ0v) is 13.5. The van der Waals surface area contributed by atoms with E-state index in [-0.39, 0.29) is 20.9 Å². The average Bonchev–Trinajstić information content (AvgIpc) is 2.82. The molecule has 0 fully saturated rings. The summed E-state index contributed by atoms with van der Waals surface area (Å²) in [6.45, 7) is 5.97. The van der Waals surface area contributed by atoms with E-state index in [0.29, 0.717) is 13.0 Å². The van der Waals surface area contributed by atoms with Crippen molar-refractivity contribution >= 4 is 32.0 Å². The summed E-state index contributed by atoms with van der Waals surface area (Å²) in [5.74, 6) is 0. The lowest BCUT2D eigenvalue weighted by atomic mass is 10.3. The first kappa shape index (κ1) is 16.9. The molecule has 9 heteroatoms. The molecule has 0 spiro atoms. The van der Waals surface area contributed by atoms with E-state index in [9.17, 15) is 18.5 Å². The van der Waals surface area contributed by atoms with Gasteiger partial charge < -0.3 is 5.32 Å². The summed E-state index contributed by atoms with van der Waals surface area (Å²) in [6, 6.07) is 0.959. The van der Waals surface area contributed by atoms with Gasteiger partial charge in [-0.05, 0) is 20.3 Å². The molecule has 0 saturated heterocycles. The van der Waals surface area contributed by atoms with Crippen molar-refractivity contribution in [3.05, 3.63) is 16.2 Å². The van der Waals surface area contributed by atoms with Gasteiger partial charge in [0.15, 0.2) is 5.00 Å². The zero-order valence-electron chi connectivity index (χ0n) is 11.9. The van der Waals surface area contributed by atoms with Crippen LogP contribution in [0, 0.1) is 10.1 Å². The van der Waals surface area contributed by atoms with Crippen LogP contribution in [0.2, 0.25) is 0 Å². The van der Waals surface area contributed by atoms with Gasteiger partial charge in [0.05, 0.1) is 4.92 Å². The third-order valence-electron chi connectivity index (χ3n) is 3.07. The second-order valence-electron chi connectivity index (χ2n) is 4.35. The second-order valence-corrected chi connectivity index (χ2v) is 7.62. The van der Waals surface area contributed by atoms with Crippen LogP contribution in [-0.4, -0.2) is 37.3 Å². The number of nitro groups is 1. The number of hydrogen-bond acceptors (Lipinski definition) is 6. The quantitative estimate of drug-likeness (QED) is 0.615. The minimum Gasteiger partial charge on any atom is -0.372 e. The molecule has 20 heavy (non-hydrogen) atoms. The minimum absolute atomic E-state index is 0.0112. The molecule has 1 unspecified atom stereocenters. The number of anilines is 1. The molecule has 1 N–H and O–H groups in total. The number of nitrogens with one attached hydrogen (secondary N) is 1. The fourth-order valence-electron chi connectivity index (χ4n) is 1.55. The number of sulfonamides is 1. The lowest BCUT2D eigenvalue weighted by molar-refractivity contribution is -0.383. The molecule has 1 atom stereocenters. The Morgan fingerprint density at radius 3 is 2.55 bits per heavy atom. The fourth-order valence-corrected chi connectivity index (χ4v) is 4.56. The largest absolute Gasteiger partial charge is 0.372 e. The molecule has 1 aromatic rings. The van der Waals surface area contributed by atoms with Crippen molar-refractivity contribution in [3.63, 3.8) is 0 Å².